The van der Waals surface area contributed by atoms with Crippen molar-refractivity contribution < 1.29 is 113 Å². The SMILES string of the molecule is Cc1ccc(S(=O)(=O)OC[C@H]2O[C@H](O[C@H]3[C@H](O[C@@H]4O[C@H](CO[Si](c5ccccc5)(c5ccccc5)C(C)(C)C)[C@@H](O[C@H]5O[C@H]6CN(C(=O)OCc7ccccc7)C(c7ccccc7)O[C@H]6[C@H](O)[C@H]5NC(=O)OCc5ccccc5)[C@H]4CC(C)(C)[Si](O)(c4ccccc4)c4ccccc4)[C@H]4OC(=O)N[C@@H]4C[C@@H]3NC(=O)OCc3ccccc3)[C@H](NC(=O)OCc3ccccc3)C[C@@H]2O)cc1. The number of benzene rings is 10. The zero-order valence-corrected chi connectivity index (χ0v) is 77.9. The lowest BCUT2D eigenvalue weighted by Crippen LogP contribution is -2.70. The number of aliphatic hydroxyl groups excluding tert-OH is 2. The molecule has 0 radical (unpaired) electrons. The Labute approximate surface area is 781 Å². The number of hydrogen-bond acceptors (Lipinski definition) is 24. The highest BCUT2D eigenvalue weighted by Crippen LogP contribution is 2.51. The number of aliphatic hydroxyl groups is 2. The second kappa shape index (κ2) is 42.6. The summed E-state index contributed by atoms with van der Waals surface area (Å²) in [6.07, 6.45) is -26.9. The van der Waals surface area contributed by atoms with Crippen LogP contribution in [0.3, 0.4) is 0 Å². The van der Waals surface area contributed by atoms with Crippen molar-refractivity contribution in [3.63, 3.8) is 0 Å². The van der Waals surface area contributed by atoms with Crippen molar-refractivity contribution in [3.05, 3.63) is 331 Å². The van der Waals surface area contributed by atoms with E-state index in [4.69, 9.17) is 65.5 Å². The van der Waals surface area contributed by atoms with Gasteiger partial charge >= 0.3 is 30.5 Å². The number of alkyl carbamates (subject to hydrolysis) is 4. The van der Waals surface area contributed by atoms with Crippen molar-refractivity contribution in [2.75, 3.05) is 19.8 Å². The summed E-state index contributed by atoms with van der Waals surface area (Å²) < 4.78 is 124. The van der Waals surface area contributed by atoms with E-state index in [0.29, 0.717) is 38.2 Å². The number of carbonyl (C=O) groups is 5. The van der Waals surface area contributed by atoms with Crippen LogP contribution < -0.4 is 42.0 Å². The van der Waals surface area contributed by atoms with Gasteiger partial charge in [0.05, 0.1) is 55.0 Å². The molecule has 5 heterocycles. The number of carbonyl (C=O) groups excluding carboxylic acids is 5. The standard InChI is InChI=1S/C102H113N5O24SSi2/c1-66-52-54-72(55-53-66)132(115,116)122-64-83-81(108)57-80(105-97(111)119-61-68-36-18-8-19-37-68)94(125-83)129-88-78(103-96(110)118-60-67-34-16-7-17-35-67)56-79-89(131-99(113)104-79)91(88)130-93-77(58-102(5,6)133(117,73-44-26-12-27-45-73)74-46-28-13-29-47-74)87(84(126-93)65-123-134(101(2,3)4,75-48-30-14-31-49-75)76-50-32-15-33-51-76)128-95-85(106-98(112)120-62-69-38-20-9-21-39-69)86(109)90-82(124-95)59-107(92(127-90)71-42-24-11-25-43-71)100(114)121-63-70-40-22-10-23-41-70/h7-55,77-95,108-109,117H,56-65H2,1-6H3,(H,103,110)(H,104,113)(H,105,111)(H,106,112)/t77-,78+,79-,80-,81+,82+,83-,84-,85-,86-,87+,88-,89+,90-,91+,92?,93+,94-,95-/m1/s1. The molecule has 7 N–H and O–H groups in total. The van der Waals surface area contributed by atoms with Gasteiger partial charge in [0, 0.05) is 17.9 Å². The Morgan fingerprint density at radius 2 is 0.933 bits per heavy atom. The molecule has 0 aromatic heterocycles. The summed E-state index contributed by atoms with van der Waals surface area (Å²) in [5, 5.41) is 38.6. The van der Waals surface area contributed by atoms with Gasteiger partial charge < -0.3 is 97.5 Å². The summed E-state index contributed by atoms with van der Waals surface area (Å²) in [6, 6.07) is 83.9. The molecule has 704 valence electrons. The van der Waals surface area contributed by atoms with Gasteiger partial charge in [0.2, 0.25) is 0 Å². The third-order valence-electron chi connectivity index (χ3n) is 25.7. The molecule has 19 atom stereocenters. The summed E-state index contributed by atoms with van der Waals surface area (Å²) in [6.45, 7) is 9.83. The fourth-order valence-electron chi connectivity index (χ4n) is 19.0. The van der Waals surface area contributed by atoms with E-state index in [1.54, 1.807) is 122 Å². The summed E-state index contributed by atoms with van der Waals surface area (Å²) in [4.78, 5) is 89.8. The first-order valence-corrected chi connectivity index (χ1v) is 50.3. The Bertz CT molecular complexity index is 5570. The van der Waals surface area contributed by atoms with Crippen LogP contribution in [0.4, 0.5) is 24.0 Å². The van der Waals surface area contributed by atoms with Gasteiger partial charge in [-0.1, -0.05) is 325 Å². The molecule has 10 aromatic rings. The van der Waals surface area contributed by atoms with E-state index in [2.05, 4.69) is 42.0 Å². The lowest BCUT2D eigenvalue weighted by Gasteiger charge is -2.51. The van der Waals surface area contributed by atoms with Crippen molar-refractivity contribution in [2.24, 2.45) is 5.92 Å². The highest BCUT2D eigenvalue weighted by atomic mass is 32.2. The molecule has 6 aliphatic rings. The maximum atomic E-state index is 15.1. The van der Waals surface area contributed by atoms with Crippen LogP contribution in [0.5, 0.6) is 0 Å². The highest BCUT2D eigenvalue weighted by Gasteiger charge is 2.63. The Morgan fingerprint density at radius 3 is 1.44 bits per heavy atom. The van der Waals surface area contributed by atoms with E-state index < -0.39 is 197 Å². The minimum Gasteiger partial charge on any atom is -0.445 e. The number of aryl methyl sites for hydroxylation is 1. The van der Waals surface area contributed by atoms with Crippen molar-refractivity contribution in [1.29, 1.82) is 0 Å². The van der Waals surface area contributed by atoms with Gasteiger partial charge in [-0.15, -0.1) is 0 Å². The third kappa shape index (κ3) is 22.0. The maximum Gasteiger partial charge on any atom is 0.412 e. The van der Waals surface area contributed by atoms with E-state index in [0.717, 1.165) is 15.9 Å². The molecule has 134 heavy (non-hydrogen) atoms. The predicted molar refractivity (Wildman–Crippen MR) is 497 cm³/mol. The Balaban J connectivity index is 0.857. The normalized spacial score (nSPS) is 25.9. The van der Waals surface area contributed by atoms with Crippen LogP contribution in [0.1, 0.15) is 93.5 Å². The van der Waals surface area contributed by atoms with E-state index in [9.17, 15) is 37.8 Å². The Morgan fingerprint density at radius 1 is 0.485 bits per heavy atom. The summed E-state index contributed by atoms with van der Waals surface area (Å²) >= 11 is 0. The minimum absolute atomic E-state index is 0.126. The third-order valence-corrected chi connectivity index (χ3v) is 36.5. The molecule has 1 saturated carbocycles. The Kier molecular flexibility index (Phi) is 30.4. The molecular formula is C102H113N5O24SSi2. The van der Waals surface area contributed by atoms with Crippen molar-refractivity contribution >= 4 is 78.0 Å². The van der Waals surface area contributed by atoms with Crippen LogP contribution in [0.15, 0.2) is 302 Å². The summed E-state index contributed by atoms with van der Waals surface area (Å²) in [5.74, 6) is -1.26. The lowest BCUT2D eigenvalue weighted by molar-refractivity contribution is -0.321. The number of hydrogen-bond donors (Lipinski definition) is 7. The van der Waals surface area contributed by atoms with E-state index in [-0.39, 0.29) is 57.3 Å². The molecule has 32 heteroatoms. The van der Waals surface area contributed by atoms with Gasteiger partial charge in [0.15, 0.2) is 31.2 Å². The molecule has 6 fully saturated rings. The highest BCUT2D eigenvalue weighted by molar-refractivity contribution is 7.86. The van der Waals surface area contributed by atoms with Gasteiger partial charge in [0.25, 0.3) is 26.8 Å². The van der Waals surface area contributed by atoms with E-state index in [1.807, 2.05) is 184 Å². The van der Waals surface area contributed by atoms with Crippen LogP contribution in [0.25, 0.3) is 0 Å². The minimum atomic E-state index is -4.55. The average Bonchev–Trinajstić information content (AvgIpc) is 1.02. The molecule has 16 rings (SSSR count). The van der Waals surface area contributed by atoms with Crippen molar-refractivity contribution in [1.82, 2.24) is 26.2 Å². The van der Waals surface area contributed by atoms with Gasteiger partial charge in [-0.05, 0) is 85.0 Å². The molecule has 0 spiro atoms. The zero-order chi connectivity index (χ0) is 93.7. The Hall–Kier alpha value is -11.5. The molecule has 1 unspecified atom stereocenters. The van der Waals surface area contributed by atoms with Gasteiger partial charge in [-0.2, -0.15) is 8.42 Å². The number of amides is 5. The van der Waals surface area contributed by atoms with Gasteiger partial charge in [-0.3, -0.25) is 9.08 Å². The van der Waals surface area contributed by atoms with Crippen molar-refractivity contribution in [3.8, 4) is 0 Å². The molecule has 5 aliphatic heterocycles. The lowest BCUT2D eigenvalue weighted by atomic mass is 9.83. The largest absolute Gasteiger partial charge is 0.445 e. The number of nitrogens with zero attached hydrogens (tertiary/aromatic N) is 1. The number of ether oxygens (including phenoxy) is 12. The molecule has 0 bridgehead atoms. The van der Waals surface area contributed by atoms with Crippen molar-refractivity contribution in [2.45, 2.75) is 213 Å². The average molecular weight is 1880 g/mol. The van der Waals surface area contributed by atoms with Crippen LogP contribution in [-0.4, -0.2) is 199 Å². The van der Waals surface area contributed by atoms with E-state index in [1.165, 1.54) is 17.0 Å². The summed E-state index contributed by atoms with van der Waals surface area (Å²) in [7, 11) is -12.5. The zero-order valence-electron chi connectivity index (χ0n) is 75.1. The number of nitrogens with one attached hydrogen (secondary N) is 4. The van der Waals surface area contributed by atoms with Gasteiger partial charge in [-0.25, -0.2) is 24.0 Å². The van der Waals surface area contributed by atoms with Crippen LogP contribution in [0, 0.1) is 12.8 Å². The first kappa shape index (κ1) is 95.6. The monoisotopic (exact) mass is 1880 g/mol. The molecular weight excluding hydrogens is 1770 g/mol. The van der Waals surface area contributed by atoms with Crippen LogP contribution in [-0.2, 0) is 102 Å². The second-order valence-electron chi connectivity index (χ2n) is 36.2. The maximum absolute atomic E-state index is 15.1. The number of fused-ring (bicyclic) bond motifs is 2. The smallest absolute Gasteiger partial charge is 0.412 e. The van der Waals surface area contributed by atoms with Crippen LogP contribution in [0.2, 0.25) is 10.1 Å². The molecule has 29 nitrogen and oxygen atoms in total. The molecule has 5 saturated heterocycles. The fraction of sp³-hybridized carbons (Fsp3) is 0.363. The molecule has 10 aromatic carbocycles. The van der Waals surface area contributed by atoms with E-state index >= 15 is 9.59 Å². The summed E-state index contributed by atoms with van der Waals surface area (Å²) in [5.41, 5.74) is 3.90. The second-order valence-corrected chi connectivity index (χ2v) is 46.1. The quantitative estimate of drug-likeness (QED) is 0.0117. The first-order chi connectivity index (χ1) is 64.7. The fourth-order valence-corrected chi connectivity index (χ4v) is 28.3. The van der Waals surface area contributed by atoms with Gasteiger partial charge in [0.1, 0.15) is 75.2 Å². The topological polar surface area (TPSA) is 361 Å². The first-order valence-electron chi connectivity index (χ1n) is 45.1. The molecule has 1 aliphatic carbocycles. The predicted octanol–water partition coefficient (Wildman–Crippen LogP) is 11.8. The number of rotatable bonds is 32. The molecule has 5 amide bonds. The van der Waals surface area contributed by atoms with Crippen LogP contribution >= 0.6 is 0 Å².